The largest absolute Gasteiger partial charge is 0.218 e. The van der Waals surface area contributed by atoms with Gasteiger partial charge in [-0.2, -0.15) is 9.57 Å². The normalized spacial score (nSPS) is 15.4. The van der Waals surface area contributed by atoms with Crippen LogP contribution in [0.2, 0.25) is 0 Å². The van der Waals surface area contributed by atoms with Gasteiger partial charge in [-0.05, 0) is 35.1 Å². The molecule has 21 heavy (non-hydrogen) atoms. The van der Waals surface area contributed by atoms with Gasteiger partial charge in [0.15, 0.2) is 0 Å². The molecular formula is C15H14N2O2S2. The summed E-state index contributed by atoms with van der Waals surface area (Å²) < 4.78 is 26.7. The third-order valence-electron chi connectivity index (χ3n) is 3.64. The summed E-state index contributed by atoms with van der Waals surface area (Å²) in [5, 5.41) is 11.1. The fourth-order valence-electron chi connectivity index (χ4n) is 2.50. The highest BCUT2D eigenvalue weighted by Gasteiger charge is 2.28. The number of thiophene rings is 1. The van der Waals surface area contributed by atoms with Gasteiger partial charge >= 0.3 is 0 Å². The quantitative estimate of drug-likeness (QED) is 0.873. The summed E-state index contributed by atoms with van der Waals surface area (Å²) in [6, 6.07) is 10.9. The summed E-state index contributed by atoms with van der Waals surface area (Å²) in [4.78, 5) is 1.28. The molecule has 4 nitrogen and oxygen atoms in total. The average Bonchev–Trinajstić information content (AvgIpc) is 2.95. The molecular weight excluding hydrogens is 304 g/mol. The van der Waals surface area contributed by atoms with E-state index in [4.69, 9.17) is 5.26 Å². The van der Waals surface area contributed by atoms with Crippen LogP contribution in [-0.4, -0.2) is 19.3 Å². The van der Waals surface area contributed by atoms with Gasteiger partial charge in [-0.25, -0.2) is 8.42 Å². The van der Waals surface area contributed by atoms with Crippen molar-refractivity contribution < 1.29 is 8.42 Å². The van der Waals surface area contributed by atoms with Gasteiger partial charge in [0, 0.05) is 18.0 Å². The lowest BCUT2D eigenvalue weighted by Crippen LogP contribution is -2.36. The van der Waals surface area contributed by atoms with Crippen molar-refractivity contribution in [2.45, 2.75) is 18.7 Å². The molecule has 2 heterocycles. The van der Waals surface area contributed by atoms with Crippen molar-refractivity contribution in [3.63, 3.8) is 0 Å². The van der Waals surface area contributed by atoms with Crippen LogP contribution in [0, 0.1) is 11.3 Å². The minimum absolute atomic E-state index is 0.115. The number of fused-ring (bicyclic) bond motifs is 1. The van der Waals surface area contributed by atoms with Crippen LogP contribution in [-0.2, 0) is 28.7 Å². The zero-order chi connectivity index (χ0) is 14.9. The number of benzene rings is 1. The monoisotopic (exact) mass is 318 g/mol. The third-order valence-corrected chi connectivity index (χ3v) is 6.44. The molecule has 108 valence electrons. The summed E-state index contributed by atoms with van der Waals surface area (Å²) in [7, 11) is -3.40. The molecule has 0 unspecified atom stereocenters. The Morgan fingerprint density at radius 2 is 2.10 bits per heavy atom. The highest BCUT2D eigenvalue weighted by molar-refractivity contribution is 7.88. The van der Waals surface area contributed by atoms with Gasteiger partial charge in [-0.1, -0.05) is 18.2 Å². The van der Waals surface area contributed by atoms with E-state index in [0.717, 1.165) is 12.0 Å². The molecule has 0 spiro atoms. The van der Waals surface area contributed by atoms with Gasteiger partial charge < -0.3 is 0 Å². The highest BCUT2D eigenvalue weighted by Crippen LogP contribution is 2.27. The average molecular weight is 318 g/mol. The smallest absolute Gasteiger partial charge is 0.212 e. The Balaban J connectivity index is 1.84. The Morgan fingerprint density at radius 1 is 1.29 bits per heavy atom. The lowest BCUT2D eigenvalue weighted by Gasteiger charge is -2.26. The second-order valence-corrected chi connectivity index (χ2v) is 7.95. The third kappa shape index (κ3) is 2.86. The van der Waals surface area contributed by atoms with Crippen molar-refractivity contribution in [3.05, 3.63) is 57.3 Å². The van der Waals surface area contributed by atoms with Crippen LogP contribution >= 0.6 is 11.3 Å². The molecule has 0 aliphatic carbocycles. The van der Waals surface area contributed by atoms with E-state index in [1.807, 2.05) is 11.4 Å². The topological polar surface area (TPSA) is 61.2 Å². The van der Waals surface area contributed by atoms with Crippen LogP contribution in [0.5, 0.6) is 0 Å². The van der Waals surface area contributed by atoms with Crippen LogP contribution in [0.1, 0.15) is 21.6 Å². The number of nitrogens with zero attached hydrogens (tertiary/aromatic N) is 2. The molecule has 0 N–H and O–H groups in total. The molecule has 0 fully saturated rings. The predicted molar refractivity (Wildman–Crippen MR) is 82.2 cm³/mol. The van der Waals surface area contributed by atoms with E-state index in [9.17, 15) is 8.42 Å². The predicted octanol–water partition coefficient (Wildman–Crippen LogP) is 2.51. The van der Waals surface area contributed by atoms with E-state index < -0.39 is 10.0 Å². The van der Waals surface area contributed by atoms with Gasteiger partial charge in [-0.3, -0.25) is 0 Å². The lowest BCUT2D eigenvalue weighted by atomic mass is 10.1. The van der Waals surface area contributed by atoms with Crippen molar-refractivity contribution in [3.8, 4) is 6.07 Å². The fraction of sp³-hybridized carbons (Fsp3) is 0.267. The minimum Gasteiger partial charge on any atom is -0.212 e. The molecule has 0 saturated carbocycles. The van der Waals surface area contributed by atoms with Crippen LogP contribution in [0.3, 0.4) is 0 Å². The molecule has 0 saturated heterocycles. The number of sulfonamides is 1. The van der Waals surface area contributed by atoms with E-state index >= 15 is 0 Å². The minimum atomic E-state index is -3.40. The second kappa shape index (κ2) is 5.60. The van der Waals surface area contributed by atoms with Crippen LogP contribution < -0.4 is 0 Å². The first-order valence-corrected chi connectivity index (χ1v) is 9.10. The van der Waals surface area contributed by atoms with Crippen molar-refractivity contribution in [2.24, 2.45) is 0 Å². The summed E-state index contributed by atoms with van der Waals surface area (Å²) in [5.74, 6) is -0.115. The van der Waals surface area contributed by atoms with Gasteiger partial charge in [-0.15, -0.1) is 11.3 Å². The molecule has 0 bridgehead atoms. The standard InChI is InChI=1S/C15H14N2O2S2/c16-9-12-3-1-2-4-14(12)11-21(18,19)17-7-5-15-13(10-17)6-8-20-15/h1-4,6,8H,5,7,10-11H2. The van der Waals surface area contributed by atoms with Gasteiger partial charge in [0.1, 0.15) is 0 Å². The summed E-state index contributed by atoms with van der Waals surface area (Å²) in [6.45, 7) is 0.959. The van der Waals surface area contributed by atoms with E-state index in [0.29, 0.717) is 24.2 Å². The van der Waals surface area contributed by atoms with Gasteiger partial charge in [0.25, 0.3) is 0 Å². The van der Waals surface area contributed by atoms with Gasteiger partial charge in [0.2, 0.25) is 10.0 Å². The van der Waals surface area contributed by atoms with Crippen LogP contribution in [0.15, 0.2) is 35.7 Å². The molecule has 0 atom stereocenters. The summed E-state index contributed by atoms with van der Waals surface area (Å²) >= 11 is 1.68. The van der Waals surface area contributed by atoms with E-state index in [1.165, 1.54) is 9.18 Å². The van der Waals surface area contributed by atoms with Crippen molar-refractivity contribution >= 4 is 21.4 Å². The Hall–Kier alpha value is -1.68. The molecule has 3 rings (SSSR count). The fourth-order valence-corrected chi connectivity index (χ4v) is 4.93. The Bertz CT molecular complexity index is 803. The molecule has 1 aromatic heterocycles. The zero-order valence-corrected chi connectivity index (χ0v) is 13.0. The number of rotatable bonds is 3. The van der Waals surface area contributed by atoms with Gasteiger partial charge in [0.05, 0.1) is 17.4 Å². The Labute approximate surface area is 128 Å². The molecule has 1 aromatic carbocycles. The molecule has 0 amide bonds. The first kappa shape index (κ1) is 14.3. The summed E-state index contributed by atoms with van der Waals surface area (Å²) in [6.07, 6.45) is 0.770. The van der Waals surface area contributed by atoms with Crippen LogP contribution in [0.25, 0.3) is 0 Å². The number of hydrogen-bond donors (Lipinski definition) is 0. The highest BCUT2D eigenvalue weighted by atomic mass is 32.2. The maximum absolute atomic E-state index is 12.6. The van der Waals surface area contributed by atoms with E-state index in [-0.39, 0.29) is 5.75 Å². The number of nitriles is 1. The van der Waals surface area contributed by atoms with Crippen molar-refractivity contribution in [1.82, 2.24) is 4.31 Å². The Morgan fingerprint density at radius 3 is 2.90 bits per heavy atom. The molecule has 2 aromatic rings. The second-order valence-electron chi connectivity index (χ2n) is 4.98. The molecule has 1 aliphatic rings. The van der Waals surface area contributed by atoms with Crippen molar-refractivity contribution in [2.75, 3.05) is 6.54 Å². The first-order valence-electron chi connectivity index (χ1n) is 6.61. The number of hydrogen-bond acceptors (Lipinski definition) is 4. The van der Waals surface area contributed by atoms with E-state index in [2.05, 4.69) is 6.07 Å². The van der Waals surface area contributed by atoms with Crippen LogP contribution in [0.4, 0.5) is 0 Å². The maximum atomic E-state index is 12.6. The summed E-state index contributed by atoms with van der Waals surface area (Å²) in [5.41, 5.74) is 2.09. The zero-order valence-electron chi connectivity index (χ0n) is 11.3. The van der Waals surface area contributed by atoms with Crippen molar-refractivity contribution in [1.29, 1.82) is 5.26 Å². The molecule has 1 aliphatic heterocycles. The SMILES string of the molecule is N#Cc1ccccc1CS(=O)(=O)N1CCc2sccc2C1. The lowest BCUT2D eigenvalue weighted by molar-refractivity contribution is 0.393. The first-order chi connectivity index (χ1) is 10.1. The molecule has 6 heteroatoms. The van der Waals surface area contributed by atoms with E-state index in [1.54, 1.807) is 35.6 Å². The maximum Gasteiger partial charge on any atom is 0.218 e. The Kier molecular flexibility index (Phi) is 3.81. The molecule has 0 radical (unpaired) electrons.